The summed E-state index contributed by atoms with van der Waals surface area (Å²) >= 11 is 0. The van der Waals surface area contributed by atoms with Crippen LogP contribution in [0.3, 0.4) is 0 Å². The zero-order chi connectivity index (χ0) is 33.2. The Bertz CT molecular complexity index is 1700. The summed E-state index contributed by atoms with van der Waals surface area (Å²) < 4.78 is 7.09. The zero-order valence-corrected chi connectivity index (χ0v) is 28.1. The molecule has 6 atom stereocenters. The van der Waals surface area contributed by atoms with Crippen molar-refractivity contribution < 1.29 is 24.5 Å². The van der Waals surface area contributed by atoms with E-state index in [1.807, 2.05) is 73.8 Å². The van der Waals surface area contributed by atoms with Crippen LogP contribution in [0.25, 0.3) is 0 Å². The first-order valence-corrected chi connectivity index (χ1v) is 17.8. The van der Waals surface area contributed by atoms with Crippen molar-refractivity contribution in [2.45, 2.75) is 79.9 Å². The number of aliphatic hydroxyl groups excluding tert-OH is 2. The van der Waals surface area contributed by atoms with E-state index >= 15 is 0 Å². The molecule has 2 aliphatic heterocycles. The van der Waals surface area contributed by atoms with Gasteiger partial charge >= 0.3 is 0 Å². The Morgan fingerprint density at radius 1 is 0.875 bits per heavy atom. The molecule has 48 heavy (non-hydrogen) atoms. The molecule has 5 aliphatic rings. The summed E-state index contributed by atoms with van der Waals surface area (Å²) in [7, 11) is 3.77. The van der Waals surface area contributed by atoms with E-state index in [4.69, 9.17) is 4.74 Å². The minimum atomic E-state index is -0.687. The predicted molar refractivity (Wildman–Crippen MR) is 184 cm³/mol. The molecule has 8 nitrogen and oxygen atoms in total. The molecule has 3 aliphatic carbocycles. The summed E-state index contributed by atoms with van der Waals surface area (Å²) in [5, 5.41) is 21.0. The van der Waals surface area contributed by atoms with Gasteiger partial charge in [0.2, 0.25) is 11.8 Å². The summed E-state index contributed by atoms with van der Waals surface area (Å²) in [4.78, 5) is 35.2. The lowest BCUT2D eigenvalue weighted by atomic mass is 9.46. The molecule has 2 amide bonds. The fourth-order valence-electron chi connectivity index (χ4n) is 10.2. The van der Waals surface area contributed by atoms with E-state index in [9.17, 15) is 19.8 Å². The molecule has 3 aromatic rings. The fraction of sp³-hybridized carbons (Fsp3) is 0.500. The Morgan fingerprint density at radius 3 is 2.15 bits per heavy atom. The number of likely N-dealkylation sites (N-methyl/N-ethyl adjacent to an activating group) is 2. The highest BCUT2D eigenvalue weighted by molar-refractivity contribution is 5.99. The Balaban J connectivity index is 1.25. The number of aliphatic hydroxyl groups is 2. The van der Waals surface area contributed by atoms with Crippen LogP contribution in [0.1, 0.15) is 72.6 Å². The van der Waals surface area contributed by atoms with Gasteiger partial charge in [0.05, 0.1) is 41.7 Å². The number of hydrogen-bond acceptors (Lipinski definition) is 6. The number of anilines is 1. The highest BCUT2D eigenvalue weighted by Crippen LogP contribution is 2.67. The first kappa shape index (κ1) is 31.5. The van der Waals surface area contributed by atoms with Crippen molar-refractivity contribution in [2.24, 2.45) is 5.92 Å². The molecule has 1 unspecified atom stereocenters. The Labute approximate surface area is 283 Å². The third-order valence-electron chi connectivity index (χ3n) is 12.7. The average molecular weight is 650 g/mol. The lowest BCUT2D eigenvalue weighted by Crippen LogP contribution is -2.81. The summed E-state index contributed by atoms with van der Waals surface area (Å²) in [5.74, 6) is -0.0822. The van der Waals surface area contributed by atoms with Gasteiger partial charge < -0.3 is 24.7 Å². The van der Waals surface area contributed by atoms with Gasteiger partial charge in [0.25, 0.3) is 0 Å². The molecule has 2 N–H and O–H groups in total. The monoisotopic (exact) mass is 649 g/mol. The fourth-order valence-corrected chi connectivity index (χ4v) is 10.2. The SMILES string of the molecule is CN(C(=O)[C@H](CO)c1ccccc1)c1ccc2c3c1OC1CCC[C@@]4(N(C)C(=O)[C@H](CO)c5ccccc5)[C@@H](C2)N(CC2CC2)CC[C@]314. The lowest BCUT2D eigenvalue weighted by Gasteiger charge is -2.68. The van der Waals surface area contributed by atoms with Crippen LogP contribution in [0, 0.1) is 5.92 Å². The molecule has 0 radical (unpaired) electrons. The number of benzene rings is 3. The van der Waals surface area contributed by atoms with Crippen molar-refractivity contribution in [3.63, 3.8) is 0 Å². The van der Waals surface area contributed by atoms with Crippen LogP contribution in [0.2, 0.25) is 0 Å². The number of carbonyl (C=O) groups excluding carboxylic acids is 2. The molecule has 8 heteroatoms. The van der Waals surface area contributed by atoms with Crippen LogP contribution in [-0.2, 0) is 21.4 Å². The van der Waals surface area contributed by atoms with Crippen molar-refractivity contribution >= 4 is 17.5 Å². The van der Waals surface area contributed by atoms with Crippen molar-refractivity contribution in [3.05, 3.63) is 95.1 Å². The standard InChI is InChI=1S/C40H47N3O5/c1-41(37(46)30(24-44)27-10-5-3-6-11-27)32-18-17-29-22-33-40(42(2)38(47)31(25-45)28-12-7-4-8-13-28)19-9-14-34-39(40,35(29)36(32)48-34)20-21-43(33)23-26-15-16-26/h3-8,10-13,17-18,26,30-31,33-34,44-45H,9,14-16,19-25H2,1-2H3/t30-,31-,33-,34?,39-,40-/m1/s1. The predicted octanol–water partition coefficient (Wildman–Crippen LogP) is 4.62. The van der Waals surface area contributed by atoms with Crippen molar-refractivity contribution in [1.82, 2.24) is 9.80 Å². The first-order chi connectivity index (χ1) is 23.4. The molecule has 2 saturated carbocycles. The normalized spacial score (nSPS) is 28.2. The average Bonchev–Trinajstić information content (AvgIpc) is 3.87. The third kappa shape index (κ3) is 4.52. The highest BCUT2D eigenvalue weighted by Gasteiger charge is 2.73. The maximum absolute atomic E-state index is 14.8. The topological polar surface area (TPSA) is 93.6 Å². The van der Waals surface area contributed by atoms with Crippen molar-refractivity contribution in [3.8, 4) is 5.75 Å². The quantitative estimate of drug-likeness (QED) is 0.333. The maximum Gasteiger partial charge on any atom is 0.236 e. The van der Waals surface area contributed by atoms with Crippen LogP contribution in [-0.4, -0.2) is 89.9 Å². The van der Waals surface area contributed by atoms with E-state index in [2.05, 4.69) is 15.9 Å². The van der Waals surface area contributed by atoms with Gasteiger partial charge in [0, 0.05) is 32.2 Å². The molecule has 1 saturated heterocycles. The number of nitrogens with zero attached hydrogens (tertiary/aromatic N) is 3. The Kier molecular flexibility index (Phi) is 7.89. The van der Waals surface area contributed by atoms with Crippen LogP contribution in [0.5, 0.6) is 5.75 Å². The third-order valence-corrected chi connectivity index (χ3v) is 12.7. The zero-order valence-electron chi connectivity index (χ0n) is 28.1. The molecule has 0 aromatic heterocycles. The molecule has 1 spiro atoms. The Morgan fingerprint density at radius 2 is 1.52 bits per heavy atom. The molecule has 252 valence electrons. The van der Waals surface area contributed by atoms with E-state index < -0.39 is 22.8 Å². The molecule has 3 fully saturated rings. The minimum absolute atomic E-state index is 0.0454. The van der Waals surface area contributed by atoms with E-state index in [0.717, 1.165) is 67.8 Å². The Hall–Kier alpha value is -3.72. The second-order valence-electron chi connectivity index (χ2n) is 14.8. The second kappa shape index (κ2) is 12.0. The van der Waals surface area contributed by atoms with Gasteiger partial charge in [-0.05, 0) is 80.2 Å². The molecule has 8 rings (SSSR count). The number of amides is 2. The van der Waals surface area contributed by atoms with Gasteiger partial charge in [-0.15, -0.1) is 0 Å². The van der Waals surface area contributed by atoms with E-state index in [0.29, 0.717) is 5.92 Å². The summed E-state index contributed by atoms with van der Waals surface area (Å²) in [5.41, 5.74) is 3.79. The maximum atomic E-state index is 14.8. The largest absolute Gasteiger partial charge is 0.487 e. The van der Waals surface area contributed by atoms with E-state index in [-0.39, 0.29) is 37.2 Å². The molecular weight excluding hydrogens is 602 g/mol. The molecule has 2 bridgehead atoms. The van der Waals surface area contributed by atoms with Crippen LogP contribution in [0.15, 0.2) is 72.8 Å². The first-order valence-electron chi connectivity index (χ1n) is 17.8. The summed E-state index contributed by atoms with van der Waals surface area (Å²) in [6.07, 6.45) is 6.77. The number of carbonyl (C=O) groups is 2. The van der Waals surface area contributed by atoms with Crippen LogP contribution in [0.4, 0.5) is 5.69 Å². The minimum Gasteiger partial charge on any atom is -0.487 e. The number of piperidine rings is 1. The van der Waals surface area contributed by atoms with Gasteiger partial charge in [-0.1, -0.05) is 66.7 Å². The lowest BCUT2D eigenvalue weighted by molar-refractivity contribution is -0.169. The van der Waals surface area contributed by atoms with Crippen LogP contribution >= 0.6 is 0 Å². The highest BCUT2D eigenvalue weighted by atomic mass is 16.5. The molecule has 3 aromatic carbocycles. The van der Waals surface area contributed by atoms with Gasteiger partial charge in [0.1, 0.15) is 11.9 Å². The van der Waals surface area contributed by atoms with Gasteiger partial charge in [-0.25, -0.2) is 0 Å². The summed E-state index contributed by atoms with van der Waals surface area (Å²) in [6, 6.07) is 23.5. The van der Waals surface area contributed by atoms with Gasteiger partial charge in [0.15, 0.2) is 0 Å². The molecule has 2 heterocycles. The van der Waals surface area contributed by atoms with Crippen molar-refractivity contribution in [1.29, 1.82) is 0 Å². The smallest absolute Gasteiger partial charge is 0.236 e. The number of ether oxygens (including phenoxy) is 1. The van der Waals surface area contributed by atoms with E-state index in [1.54, 1.807) is 11.9 Å². The van der Waals surface area contributed by atoms with E-state index in [1.165, 1.54) is 24.0 Å². The summed E-state index contributed by atoms with van der Waals surface area (Å²) in [6.45, 7) is 1.46. The molecular formula is C40H47N3O5. The second-order valence-corrected chi connectivity index (χ2v) is 14.8. The number of rotatable bonds is 10. The van der Waals surface area contributed by atoms with Crippen LogP contribution < -0.4 is 9.64 Å². The van der Waals surface area contributed by atoms with Gasteiger partial charge in [-0.3, -0.25) is 14.5 Å². The number of hydrogen-bond donors (Lipinski definition) is 2. The van der Waals surface area contributed by atoms with Gasteiger partial charge in [-0.2, -0.15) is 0 Å². The number of likely N-dealkylation sites (tertiary alicyclic amines) is 1. The van der Waals surface area contributed by atoms with Crippen molar-refractivity contribution in [2.75, 3.05) is 45.3 Å².